The van der Waals surface area contributed by atoms with Gasteiger partial charge in [0.2, 0.25) is 0 Å². The van der Waals surface area contributed by atoms with E-state index in [9.17, 15) is 38.4 Å². The Morgan fingerprint density at radius 3 is 0.292 bits per heavy atom. The van der Waals surface area contributed by atoms with E-state index in [4.69, 9.17) is 114 Å². The molecule has 32 nitrogen and oxygen atoms in total. The maximum Gasteiger partial charge on any atom is 0.311 e. The van der Waals surface area contributed by atoms with E-state index in [-0.39, 0.29) is 47.8 Å². The van der Waals surface area contributed by atoms with E-state index in [2.05, 4.69) is 0 Å². The second-order valence-electron chi connectivity index (χ2n) is 54.0. The average molecular weight is 2030 g/mol. The topological polar surface area (TPSA) is 358 Å². The summed E-state index contributed by atoms with van der Waals surface area (Å²) in [7, 11) is 0. The van der Waals surface area contributed by atoms with E-state index in [1.54, 1.807) is 0 Å². The molecule has 20 aliphatic rings. The first-order valence-electron chi connectivity index (χ1n) is 55.8. The molecule has 8 saturated heterocycles. The van der Waals surface area contributed by atoms with Crippen molar-refractivity contribution in [2.45, 2.75) is 616 Å². The normalized spacial score (nSPS) is 37.4. The summed E-state index contributed by atoms with van der Waals surface area (Å²) in [5.74, 6) is -8.78. The number of rotatable bonds is 8. The van der Waals surface area contributed by atoms with Crippen LogP contribution in [0.3, 0.4) is 0 Å². The number of carbonyl (C=O) groups excluding carboxylic acids is 8. The van der Waals surface area contributed by atoms with Crippen LogP contribution in [0.1, 0.15) is 423 Å². The van der Waals surface area contributed by atoms with Crippen LogP contribution in [0.2, 0.25) is 0 Å². The van der Waals surface area contributed by atoms with Crippen LogP contribution in [0, 0.1) is 43.3 Å². The lowest BCUT2D eigenvalue weighted by molar-refractivity contribution is -0.232. The van der Waals surface area contributed by atoms with Gasteiger partial charge in [-0.25, -0.2) is 0 Å². The molecule has 0 aromatic carbocycles. The SMILES string of the molecule is CC(C)(C)C(=O)O[C@@H]1[C@@H](OC(=O)C(C)(C)C)[C@@H]2OC3(CCCCC3)O[C@H]2[C@@H]2OC3(CCCCC3)O[C@H]12.CC(C)(C)C(=O)O[C@H]1[C@H](OC(=O)C(C)(C)C)[C@@H]2OC3(CCCCC3)O[C@@H]2[C@H]2OC3(CCCCC3)O[C@H]12.CC(C)(C)C(=O)O[C@H]1[C@H](OC(=O)C(C)(C)C)[C@@H]2OC3(CCCCC3)O[C@@H]2[C@H]2OC3(CCCCC3)O[C@H]12.CC(C)(C)C(=O)O[C@H]1[C@H](OC(=O)C(C)(C)C)[C@@H]2OC3(CCCCC3)O[C@@H]2[C@H]2OC3(CCCCC3)O[C@H]12. The van der Waals surface area contributed by atoms with Crippen molar-refractivity contribution in [3.63, 3.8) is 0 Å². The van der Waals surface area contributed by atoms with E-state index >= 15 is 0 Å². The highest BCUT2D eigenvalue weighted by Gasteiger charge is 2.75. The van der Waals surface area contributed by atoms with Crippen molar-refractivity contribution in [2.75, 3.05) is 0 Å². The van der Waals surface area contributed by atoms with Crippen LogP contribution >= 0.6 is 0 Å². The van der Waals surface area contributed by atoms with E-state index in [0.717, 1.165) is 257 Å². The molecule has 0 aromatic rings. The fraction of sp³-hybridized carbons (Fsp3) is 0.929. The number of ether oxygens (including phenoxy) is 24. The Morgan fingerprint density at radius 2 is 0.215 bits per heavy atom. The van der Waals surface area contributed by atoms with Gasteiger partial charge in [0.25, 0.3) is 0 Å². The Morgan fingerprint density at radius 1 is 0.139 bits per heavy atom. The first kappa shape index (κ1) is 110. The lowest BCUT2D eigenvalue weighted by Crippen LogP contribution is -2.64. The second kappa shape index (κ2) is 41.2. The van der Waals surface area contributed by atoms with E-state index in [1.807, 2.05) is 166 Å². The van der Waals surface area contributed by atoms with Crippen LogP contribution in [0.25, 0.3) is 0 Å². The van der Waals surface area contributed by atoms with E-state index in [0.29, 0.717) is 0 Å². The standard InChI is InChI=1S/4C28H44O8/c4*1-25(2,3)23(29)31-17-18(32-24(30)26(4,5)6)20-22(36-28(34-20)15-11-8-12-16-28)21-19(17)33-27(35-21)13-9-7-10-14-27/h4*17-22H,7-16H2,1-6H3/t4*17-,18-,19-,20+,21-,22-/m1000/s1. The Hall–Kier alpha value is -4.88. The van der Waals surface area contributed by atoms with Crippen molar-refractivity contribution < 1.29 is 152 Å². The Kier molecular flexibility index (Phi) is 31.5. The Labute approximate surface area is 854 Å². The Bertz CT molecular complexity index is 3650. The summed E-state index contributed by atoms with van der Waals surface area (Å²) in [5, 5.41) is 0. The number of hydrogen-bond donors (Lipinski definition) is 0. The summed E-state index contributed by atoms with van der Waals surface area (Å²) >= 11 is 0. The third-order valence-electron chi connectivity index (χ3n) is 33.2. The molecule has 0 amide bonds. The highest BCUT2D eigenvalue weighted by atomic mass is 16.8. The molecule has 12 saturated carbocycles. The predicted octanol–water partition coefficient (Wildman–Crippen LogP) is 19.2. The van der Waals surface area contributed by atoms with Gasteiger partial charge in [0.05, 0.1) is 43.3 Å². The molecule has 8 spiro atoms. The van der Waals surface area contributed by atoms with Crippen LogP contribution in [-0.4, -0.2) is 241 Å². The van der Waals surface area contributed by atoms with Gasteiger partial charge in [-0.1, -0.05) is 51.4 Å². The molecular formula is C112H176O32. The first-order chi connectivity index (χ1) is 67.3. The van der Waals surface area contributed by atoms with Crippen molar-refractivity contribution in [1.82, 2.24) is 0 Å². The zero-order valence-corrected chi connectivity index (χ0v) is 91.2. The molecule has 0 N–H and O–H groups in total. The fourth-order valence-corrected chi connectivity index (χ4v) is 24.9. The largest absolute Gasteiger partial charge is 0.455 e. The summed E-state index contributed by atoms with van der Waals surface area (Å²) in [4.78, 5) is 105. The average Bonchev–Trinajstić information content (AvgIpc) is 1.55. The van der Waals surface area contributed by atoms with Gasteiger partial charge in [-0.2, -0.15) is 0 Å². The molecule has 20 fully saturated rings. The number of esters is 8. The Balaban J connectivity index is 0.000000132. The molecule has 20 rings (SSSR count). The predicted molar refractivity (Wildman–Crippen MR) is 519 cm³/mol. The number of hydrogen-bond acceptors (Lipinski definition) is 32. The number of fused-ring (bicyclic) bond motifs is 12. The minimum absolute atomic E-state index is 0.374. The van der Waals surface area contributed by atoms with Crippen LogP contribution in [0.4, 0.5) is 0 Å². The van der Waals surface area contributed by atoms with Crippen molar-refractivity contribution in [3.05, 3.63) is 0 Å². The highest BCUT2D eigenvalue weighted by Crippen LogP contribution is 2.61. The molecule has 0 aromatic heterocycles. The van der Waals surface area contributed by atoms with Gasteiger partial charge in [-0.05, 0) is 269 Å². The van der Waals surface area contributed by atoms with Crippen LogP contribution in [-0.2, 0) is 152 Å². The lowest BCUT2D eigenvalue weighted by atomic mass is 9.84. The van der Waals surface area contributed by atoms with Crippen LogP contribution in [0.5, 0.6) is 0 Å². The summed E-state index contributed by atoms with van der Waals surface area (Å²) in [6, 6.07) is 0. The lowest BCUT2D eigenvalue weighted by Gasteiger charge is -2.43. The van der Waals surface area contributed by atoms with E-state index < -0.39 is 236 Å². The molecule has 0 bridgehead atoms. The summed E-state index contributed by atoms with van der Waals surface area (Å²) in [6.07, 6.45) is 22.8. The molecule has 144 heavy (non-hydrogen) atoms. The molecule has 12 aliphatic carbocycles. The smallest absolute Gasteiger partial charge is 0.311 e. The third kappa shape index (κ3) is 23.2. The quantitative estimate of drug-likeness (QED) is 0.161. The number of carbonyl (C=O) groups is 8. The molecule has 0 radical (unpaired) electrons. The third-order valence-corrected chi connectivity index (χ3v) is 33.2. The minimum Gasteiger partial charge on any atom is -0.455 e. The van der Waals surface area contributed by atoms with Crippen molar-refractivity contribution >= 4 is 47.8 Å². The maximum absolute atomic E-state index is 13.2. The van der Waals surface area contributed by atoms with Crippen molar-refractivity contribution in [2.24, 2.45) is 43.3 Å². The first-order valence-corrected chi connectivity index (χ1v) is 55.8. The van der Waals surface area contributed by atoms with Gasteiger partial charge < -0.3 is 114 Å². The van der Waals surface area contributed by atoms with Gasteiger partial charge in [0, 0.05) is 103 Å². The molecule has 32 heteroatoms. The summed E-state index contributed by atoms with van der Waals surface area (Å²) in [5.41, 5.74) is -5.85. The van der Waals surface area contributed by atoms with Crippen molar-refractivity contribution in [1.29, 1.82) is 0 Å². The van der Waals surface area contributed by atoms with Gasteiger partial charge in [0.15, 0.2) is 95.1 Å². The van der Waals surface area contributed by atoms with E-state index in [1.165, 1.54) is 0 Å². The summed E-state index contributed by atoms with van der Waals surface area (Å²) < 4.78 is 156. The second-order valence-corrected chi connectivity index (χ2v) is 54.0. The molecule has 8 heterocycles. The monoisotopic (exact) mass is 2030 g/mol. The van der Waals surface area contributed by atoms with Crippen molar-refractivity contribution in [3.8, 4) is 0 Å². The summed E-state index contributed by atoms with van der Waals surface area (Å²) in [6.45, 7) is 43.6. The van der Waals surface area contributed by atoms with Gasteiger partial charge in [-0.15, -0.1) is 0 Å². The zero-order valence-electron chi connectivity index (χ0n) is 91.2. The molecule has 816 valence electrons. The van der Waals surface area contributed by atoms with Crippen LogP contribution < -0.4 is 0 Å². The molecule has 24 atom stereocenters. The van der Waals surface area contributed by atoms with Gasteiger partial charge in [-0.3, -0.25) is 38.4 Å². The van der Waals surface area contributed by atoms with Gasteiger partial charge in [0.1, 0.15) is 97.7 Å². The molecule has 0 unspecified atom stereocenters. The fourth-order valence-electron chi connectivity index (χ4n) is 24.9. The van der Waals surface area contributed by atoms with Gasteiger partial charge >= 0.3 is 47.8 Å². The molecular weight excluding hydrogens is 1860 g/mol. The minimum atomic E-state index is -0.849. The maximum atomic E-state index is 13.2. The van der Waals surface area contributed by atoms with Crippen LogP contribution in [0.15, 0.2) is 0 Å². The zero-order chi connectivity index (χ0) is 104. The highest BCUT2D eigenvalue weighted by molar-refractivity contribution is 5.80. The molecule has 8 aliphatic heterocycles.